The number of aliphatic imine (C=N–C) groups is 1. The standard InChI is InChI=1S/C25H30N4O4S/c1-6-33-24(31)22-16(2)26-25(28-23(22)17-7-11-19(12-8-17)29(3)4)34-15-21(30)27-18-9-13-20(32-5)14-10-18/h7-14,23H,6,15H2,1-5H3,(H,26,28)(H,27,30)/t23-/m0/s1. The molecule has 9 heteroatoms. The lowest BCUT2D eigenvalue weighted by atomic mass is 9.96. The van der Waals surface area contributed by atoms with Crippen LogP contribution in [0.3, 0.4) is 0 Å². The fourth-order valence-corrected chi connectivity index (χ4v) is 4.14. The first-order valence-corrected chi connectivity index (χ1v) is 11.9. The van der Waals surface area contributed by atoms with E-state index in [1.54, 1.807) is 38.3 Å². The zero-order valence-corrected chi connectivity index (χ0v) is 20.9. The van der Waals surface area contributed by atoms with Crippen molar-refractivity contribution in [3.8, 4) is 5.75 Å². The molecule has 0 saturated carbocycles. The Balaban J connectivity index is 1.76. The van der Waals surface area contributed by atoms with Crippen LogP contribution in [-0.2, 0) is 14.3 Å². The van der Waals surface area contributed by atoms with Crippen molar-refractivity contribution in [3.63, 3.8) is 0 Å². The highest BCUT2D eigenvalue weighted by atomic mass is 32.2. The summed E-state index contributed by atoms with van der Waals surface area (Å²) in [6.07, 6.45) is 0. The second kappa shape index (κ2) is 11.6. The average Bonchev–Trinajstić information content (AvgIpc) is 2.83. The molecule has 3 rings (SSSR count). The minimum absolute atomic E-state index is 0.159. The van der Waals surface area contributed by atoms with Crippen LogP contribution in [0.4, 0.5) is 11.4 Å². The van der Waals surface area contributed by atoms with Gasteiger partial charge in [0.25, 0.3) is 0 Å². The molecule has 1 aliphatic rings. The maximum atomic E-state index is 12.7. The number of esters is 1. The second-order valence-electron chi connectivity index (χ2n) is 7.77. The number of carbonyl (C=O) groups is 2. The predicted octanol–water partition coefficient (Wildman–Crippen LogP) is 3.97. The largest absolute Gasteiger partial charge is 0.497 e. The van der Waals surface area contributed by atoms with Crippen LogP contribution in [-0.4, -0.2) is 50.6 Å². The Morgan fingerprint density at radius 1 is 1.12 bits per heavy atom. The third kappa shape index (κ3) is 6.32. The molecule has 8 nitrogen and oxygen atoms in total. The molecule has 2 N–H and O–H groups in total. The van der Waals surface area contributed by atoms with Gasteiger partial charge in [0.15, 0.2) is 5.17 Å². The van der Waals surface area contributed by atoms with Crippen molar-refractivity contribution >= 4 is 40.2 Å². The number of amides is 1. The maximum Gasteiger partial charge on any atom is 0.338 e. The van der Waals surface area contributed by atoms with Gasteiger partial charge in [-0.1, -0.05) is 23.9 Å². The molecule has 0 spiro atoms. The number of anilines is 2. The van der Waals surface area contributed by atoms with Crippen LogP contribution in [0.2, 0.25) is 0 Å². The molecule has 0 fully saturated rings. The SMILES string of the molecule is CCOC(=O)C1=C(C)NC(SCC(=O)Nc2ccc(OC)cc2)=N[C@H]1c1ccc(N(C)C)cc1. The summed E-state index contributed by atoms with van der Waals surface area (Å²) in [6, 6.07) is 14.5. The molecule has 0 unspecified atom stereocenters. The third-order valence-corrected chi connectivity index (χ3v) is 6.04. The van der Waals surface area contributed by atoms with Crippen molar-refractivity contribution in [2.75, 3.05) is 43.8 Å². The molecule has 1 atom stereocenters. The fraction of sp³-hybridized carbons (Fsp3) is 0.320. The Hall–Kier alpha value is -3.46. The number of nitrogens with one attached hydrogen (secondary N) is 2. The van der Waals surface area contributed by atoms with Gasteiger partial charge in [-0.25, -0.2) is 9.79 Å². The highest BCUT2D eigenvalue weighted by Crippen LogP contribution is 2.33. The Kier molecular flexibility index (Phi) is 8.59. The number of benzene rings is 2. The second-order valence-corrected chi connectivity index (χ2v) is 8.74. The first-order chi connectivity index (χ1) is 16.3. The van der Waals surface area contributed by atoms with E-state index in [1.807, 2.05) is 50.2 Å². The normalized spacial score (nSPS) is 15.2. The molecule has 0 radical (unpaired) electrons. The maximum absolute atomic E-state index is 12.7. The van der Waals surface area contributed by atoms with Crippen LogP contribution in [0.5, 0.6) is 5.75 Å². The Bertz CT molecular complexity index is 1080. The molecule has 0 saturated heterocycles. The number of thioether (sulfide) groups is 1. The number of ether oxygens (including phenoxy) is 2. The van der Waals surface area contributed by atoms with Gasteiger partial charge < -0.3 is 25.0 Å². The summed E-state index contributed by atoms with van der Waals surface area (Å²) >= 11 is 1.28. The summed E-state index contributed by atoms with van der Waals surface area (Å²) in [5, 5.41) is 6.58. The lowest BCUT2D eigenvalue weighted by Crippen LogP contribution is -2.31. The van der Waals surface area contributed by atoms with Crippen molar-refractivity contribution in [1.29, 1.82) is 0 Å². The topological polar surface area (TPSA) is 92.3 Å². The number of allylic oxidation sites excluding steroid dienone is 1. The first-order valence-electron chi connectivity index (χ1n) is 10.9. The van der Waals surface area contributed by atoms with Crippen molar-refractivity contribution in [3.05, 3.63) is 65.4 Å². The molecule has 2 aromatic rings. The minimum atomic E-state index is -0.524. The van der Waals surface area contributed by atoms with Gasteiger partial charge in [-0.3, -0.25) is 4.79 Å². The quantitative estimate of drug-likeness (QED) is 0.550. The van der Waals surface area contributed by atoms with Gasteiger partial charge in [0.2, 0.25) is 5.91 Å². The highest BCUT2D eigenvalue weighted by Gasteiger charge is 2.30. The Labute approximate surface area is 204 Å². The van der Waals surface area contributed by atoms with Crippen molar-refractivity contribution < 1.29 is 19.1 Å². The van der Waals surface area contributed by atoms with Crippen molar-refractivity contribution in [1.82, 2.24) is 5.32 Å². The average molecular weight is 483 g/mol. The van der Waals surface area contributed by atoms with Crippen LogP contribution in [0.25, 0.3) is 0 Å². The van der Waals surface area contributed by atoms with Crippen LogP contribution in [0, 0.1) is 0 Å². The lowest BCUT2D eigenvalue weighted by Gasteiger charge is -2.26. The van der Waals surface area contributed by atoms with Gasteiger partial charge in [0, 0.05) is 31.2 Å². The number of nitrogens with zero attached hydrogens (tertiary/aromatic N) is 2. The third-order valence-electron chi connectivity index (χ3n) is 5.15. The van der Waals surface area contributed by atoms with Crippen LogP contribution in [0.15, 0.2) is 64.8 Å². The van der Waals surface area contributed by atoms with Gasteiger partial charge in [-0.15, -0.1) is 0 Å². The number of amidine groups is 1. The van der Waals surface area contributed by atoms with Gasteiger partial charge in [0.05, 0.1) is 25.0 Å². The van der Waals surface area contributed by atoms with E-state index in [9.17, 15) is 9.59 Å². The first kappa shape index (κ1) is 25.2. The molecular weight excluding hydrogens is 452 g/mol. The summed E-state index contributed by atoms with van der Waals surface area (Å²) in [4.78, 5) is 31.9. The minimum Gasteiger partial charge on any atom is -0.497 e. The molecule has 180 valence electrons. The highest BCUT2D eigenvalue weighted by molar-refractivity contribution is 8.14. The monoisotopic (exact) mass is 482 g/mol. The molecule has 34 heavy (non-hydrogen) atoms. The zero-order valence-electron chi connectivity index (χ0n) is 20.0. The number of hydrogen-bond donors (Lipinski definition) is 2. The lowest BCUT2D eigenvalue weighted by molar-refractivity contribution is -0.139. The molecule has 0 aromatic heterocycles. The van der Waals surface area contributed by atoms with Crippen LogP contribution in [0.1, 0.15) is 25.5 Å². The van der Waals surface area contributed by atoms with E-state index in [0.717, 1.165) is 17.0 Å². The van der Waals surface area contributed by atoms with Crippen molar-refractivity contribution in [2.45, 2.75) is 19.9 Å². The molecule has 1 heterocycles. The van der Waals surface area contributed by atoms with Gasteiger partial charge in [0.1, 0.15) is 11.8 Å². The summed E-state index contributed by atoms with van der Waals surface area (Å²) in [7, 11) is 5.53. The Morgan fingerprint density at radius 3 is 2.38 bits per heavy atom. The molecule has 1 aliphatic heterocycles. The van der Waals surface area contributed by atoms with Gasteiger partial charge in [-0.2, -0.15) is 0 Å². The number of carbonyl (C=O) groups excluding carboxylic acids is 2. The fourth-order valence-electron chi connectivity index (χ4n) is 3.40. The van der Waals surface area contributed by atoms with E-state index in [1.165, 1.54) is 11.8 Å². The predicted molar refractivity (Wildman–Crippen MR) is 137 cm³/mol. The van der Waals surface area contributed by atoms with Crippen molar-refractivity contribution in [2.24, 2.45) is 4.99 Å². The number of hydrogen-bond acceptors (Lipinski definition) is 8. The molecule has 0 aliphatic carbocycles. The zero-order chi connectivity index (χ0) is 24.7. The molecule has 2 aromatic carbocycles. The molecule has 0 bridgehead atoms. The summed E-state index contributed by atoms with van der Waals surface area (Å²) < 4.78 is 10.4. The smallest absolute Gasteiger partial charge is 0.338 e. The van der Waals surface area contributed by atoms with Gasteiger partial charge >= 0.3 is 5.97 Å². The van der Waals surface area contributed by atoms with Crippen LogP contribution < -0.4 is 20.3 Å². The van der Waals surface area contributed by atoms with E-state index in [2.05, 4.69) is 10.6 Å². The Morgan fingerprint density at radius 2 is 1.79 bits per heavy atom. The van der Waals surface area contributed by atoms with E-state index in [-0.39, 0.29) is 18.3 Å². The molecule has 1 amide bonds. The summed E-state index contributed by atoms with van der Waals surface area (Å²) in [5.41, 5.74) is 3.73. The van der Waals surface area contributed by atoms with E-state index >= 15 is 0 Å². The summed E-state index contributed by atoms with van der Waals surface area (Å²) in [6.45, 7) is 3.87. The summed E-state index contributed by atoms with van der Waals surface area (Å²) in [5.74, 6) is 0.313. The van der Waals surface area contributed by atoms with E-state index in [4.69, 9.17) is 14.5 Å². The van der Waals surface area contributed by atoms with Crippen LogP contribution >= 0.6 is 11.8 Å². The van der Waals surface area contributed by atoms with E-state index < -0.39 is 12.0 Å². The van der Waals surface area contributed by atoms with Gasteiger partial charge in [-0.05, 0) is 55.8 Å². The number of methoxy groups -OCH3 is 1. The molecular formula is C25H30N4O4S. The van der Waals surface area contributed by atoms with E-state index in [0.29, 0.717) is 22.1 Å². The number of rotatable bonds is 8.